The van der Waals surface area contributed by atoms with Crippen molar-refractivity contribution in [2.24, 2.45) is 0 Å². The highest BCUT2D eigenvalue weighted by atomic mass is 35.5. The summed E-state index contributed by atoms with van der Waals surface area (Å²) in [6, 6.07) is 14.2. The molecule has 0 aliphatic carbocycles. The lowest BCUT2D eigenvalue weighted by Crippen LogP contribution is -2.21. The van der Waals surface area contributed by atoms with Gasteiger partial charge in [0.1, 0.15) is 0 Å². The van der Waals surface area contributed by atoms with Crippen molar-refractivity contribution in [2.45, 2.75) is 13.8 Å². The number of aryl methyl sites for hydroxylation is 2. The van der Waals surface area contributed by atoms with Crippen LogP contribution in [0.1, 0.15) is 21.6 Å². The fourth-order valence-electron chi connectivity index (χ4n) is 2.60. The maximum atomic E-state index is 12.5. The monoisotopic (exact) mass is 368 g/mol. The van der Waals surface area contributed by atoms with Gasteiger partial charge in [-0.25, -0.2) is 4.79 Å². The minimum atomic E-state index is -0.569. The molecule has 1 amide bonds. The Bertz CT molecular complexity index is 1000. The number of carbonyl (C=O) groups excluding carboxylic acids is 2. The summed E-state index contributed by atoms with van der Waals surface area (Å²) in [4.78, 5) is 28.9. The third-order valence-corrected chi connectivity index (χ3v) is 4.12. The summed E-state index contributed by atoms with van der Waals surface area (Å²) in [7, 11) is 0. The number of nitrogens with zero attached hydrogens (tertiary/aromatic N) is 1. The molecule has 5 nitrogen and oxygen atoms in total. The molecule has 3 aromatic rings. The second-order valence-electron chi connectivity index (χ2n) is 5.94. The van der Waals surface area contributed by atoms with E-state index in [4.69, 9.17) is 16.3 Å². The van der Waals surface area contributed by atoms with E-state index in [1.165, 1.54) is 0 Å². The second-order valence-corrected chi connectivity index (χ2v) is 6.34. The zero-order valence-electron chi connectivity index (χ0n) is 14.4. The Kier molecular flexibility index (Phi) is 5.19. The van der Waals surface area contributed by atoms with Crippen molar-refractivity contribution >= 4 is 40.1 Å². The molecule has 0 radical (unpaired) electrons. The number of hydrogen-bond donors (Lipinski definition) is 1. The maximum absolute atomic E-state index is 12.5. The number of para-hydroxylation sites is 1. The van der Waals surface area contributed by atoms with Crippen molar-refractivity contribution in [1.29, 1.82) is 0 Å². The number of fused-ring (bicyclic) bond motifs is 1. The fourth-order valence-corrected chi connectivity index (χ4v) is 2.78. The number of carbonyl (C=O) groups is 2. The highest BCUT2D eigenvalue weighted by Crippen LogP contribution is 2.22. The molecule has 26 heavy (non-hydrogen) atoms. The minimum Gasteiger partial charge on any atom is -0.452 e. The summed E-state index contributed by atoms with van der Waals surface area (Å²) < 4.78 is 5.18. The lowest BCUT2D eigenvalue weighted by atomic mass is 10.1. The number of pyridine rings is 1. The quantitative estimate of drug-likeness (QED) is 0.697. The van der Waals surface area contributed by atoms with Gasteiger partial charge in [0.2, 0.25) is 0 Å². The van der Waals surface area contributed by atoms with Gasteiger partial charge in [-0.15, -0.1) is 0 Å². The molecule has 0 atom stereocenters. The van der Waals surface area contributed by atoms with E-state index in [9.17, 15) is 9.59 Å². The first-order chi connectivity index (χ1) is 12.4. The molecule has 0 bridgehead atoms. The van der Waals surface area contributed by atoms with Crippen LogP contribution in [0.5, 0.6) is 0 Å². The SMILES string of the molecule is Cc1ccc2nc(C)cc(C(=O)OCC(=O)Nc3ccccc3Cl)c2c1. The summed E-state index contributed by atoms with van der Waals surface area (Å²) >= 11 is 6.00. The third kappa shape index (κ3) is 4.00. The Labute approximate surface area is 156 Å². The van der Waals surface area contributed by atoms with Crippen LogP contribution >= 0.6 is 11.6 Å². The topological polar surface area (TPSA) is 68.3 Å². The number of benzene rings is 2. The molecule has 3 rings (SSSR count). The molecule has 1 aromatic heterocycles. The van der Waals surface area contributed by atoms with Crippen molar-refractivity contribution in [1.82, 2.24) is 4.98 Å². The summed E-state index contributed by atoms with van der Waals surface area (Å²) in [5, 5.41) is 3.73. The molecule has 0 saturated heterocycles. The smallest absolute Gasteiger partial charge is 0.339 e. The first-order valence-corrected chi connectivity index (χ1v) is 8.41. The van der Waals surface area contributed by atoms with E-state index >= 15 is 0 Å². The average molecular weight is 369 g/mol. The van der Waals surface area contributed by atoms with Crippen molar-refractivity contribution < 1.29 is 14.3 Å². The van der Waals surface area contributed by atoms with Crippen LogP contribution in [-0.2, 0) is 9.53 Å². The van der Waals surface area contributed by atoms with E-state index in [-0.39, 0.29) is 0 Å². The molecule has 6 heteroatoms. The third-order valence-electron chi connectivity index (χ3n) is 3.79. The Morgan fingerprint density at radius 3 is 2.65 bits per heavy atom. The molecule has 2 aromatic carbocycles. The highest BCUT2D eigenvalue weighted by Gasteiger charge is 2.15. The van der Waals surface area contributed by atoms with Crippen LogP contribution in [0.25, 0.3) is 10.9 Å². The van der Waals surface area contributed by atoms with E-state index in [2.05, 4.69) is 10.3 Å². The maximum Gasteiger partial charge on any atom is 0.339 e. The number of anilines is 1. The van der Waals surface area contributed by atoms with Gasteiger partial charge in [0.05, 0.1) is 21.8 Å². The van der Waals surface area contributed by atoms with Crippen LogP contribution in [0.2, 0.25) is 5.02 Å². The van der Waals surface area contributed by atoms with E-state index in [1.807, 2.05) is 25.1 Å². The predicted octanol–water partition coefficient (Wildman–Crippen LogP) is 4.30. The normalized spacial score (nSPS) is 10.6. The molecular formula is C20H17ClN2O3. The van der Waals surface area contributed by atoms with E-state index in [1.54, 1.807) is 37.3 Å². The lowest BCUT2D eigenvalue weighted by molar-refractivity contribution is -0.119. The summed E-state index contributed by atoms with van der Waals surface area (Å²) in [5.74, 6) is -1.03. The number of amides is 1. The Balaban J connectivity index is 1.74. The molecule has 0 spiro atoms. The predicted molar refractivity (Wildman–Crippen MR) is 102 cm³/mol. The Hall–Kier alpha value is -2.92. The molecule has 0 aliphatic rings. The average Bonchev–Trinajstić information content (AvgIpc) is 2.61. The van der Waals surface area contributed by atoms with Crippen molar-refractivity contribution in [3.05, 3.63) is 70.4 Å². The van der Waals surface area contributed by atoms with E-state index < -0.39 is 18.5 Å². The van der Waals surface area contributed by atoms with Gasteiger partial charge in [-0.2, -0.15) is 0 Å². The molecule has 0 aliphatic heterocycles. The van der Waals surface area contributed by atoms with Gasteiger partial charge in [0.15, 0.2) is 6.61 Å². The molecule has 1 N–H and O–H groups in total. The van der Waals surface area contributed by atoms with Crippen LogP contribution in [0, 0.1) is 13.8 Å². The van der Waals surface area contributed by atoms with E-state index in [0.29, 0.717) is 32.9 Å². The van der Waals surface area contributed by atoms with Gasteiger partial charge >= 0.3 is 5.97 Å². The number of nitrogens with one attached hydrogen (secondary N) is 1. The summed E-state index contributed by atoms with van der Waals surface area (Å²) in [5.41, 5.74) is 3.28. The van der Waals surface area contributed by atoms with Crippen LogP contribution in [-0.4, -0.2) is 23.5 Å². The van der Waals surface area contributed by atoms with Gasteiger partial charge in [0, 0.05) is 11.1 Å². The van der Waals surface area contributed by atoms with Crippen molar-refractivity contribution in [2.75, 3.05) is 11.9 Å². The number of halogens is 1. The second kappa shape index (κ2) is 7.54. The van der Waals surface area contributed by atoms with Crippen LogP contribution in [0.4, 0.5) is 5.69 Å². The molecule has 0 saturated carbocycles. The van der Waals surface area contributed by atoms with Crippen molar-refractivity contribution in [3.8, 4) is 0 Å². The minimum absolute atomic E-state index is 0.391. The van der Waals surface area contributed by atoms with E-state index in [0.717, 1.165) is 5.56 Å². The van der Waals surface area contributed by atoms with Gasteiger partial charge < -0.3 is 10.1 Å². The largest absolute Gasteiger partial charge is 0.452 e. The zero-order valence-corrected chi connectivity index (χ0v) is 15.1. The Morgan fingerprint density at radius 1 is 1.12 bits per heavy atom. The van der Waals surface area contributed by atoms with Gasteiger partial charge in [-0.05, 0) is 44.2 Å². The highest BCUT2D eigenvalue weighted by molar-refractivity contribution is 6.33. The molecule has 1 heterocycles. The molecular weight excluding hydrogens is 352 g/mol. The first-order valence-electron chi connectivity index (χ1n) is 8.03. The van der Waals surface area contributed by atoms with Gasteiger partial charge in [0.25, 0.3) is 5.91 Å². The summed E-state index contributed by atoms with van der Waals surface area (Å²) in [6.45, 7) is 3.34. The van der Waals surface area contributed by atoms with Crippen LogP contribution in [0.3, 0.4) is 0 Å². The number of esters is 1. The first kappa shape index (κ1) is 17.9. The molecule has 132 valence electrons. The number of hydrogen-bond acceptors (Lipinski definition) is 4. The van der Waals surface area contributed by atoms with Crippen molar-refractivity contribution in [3.63, 3.8) is 0 Å². The number of aromatic nitrogens is 1. The van der Waals surface area contributed by atoms with Gasteiger partial charge in [-0.1, -0.05) is 35.4 Å². The Morgan fingerprint density at radius 2 is 1.88 bits per heavy atom. The number of rotatable bonds is 4. The lowest BCUT2D eigenvalue weighted by Gasteiger charge is -2.10. The molecule has 0 unspecified atom stereocenters. The molecule has 0 fully saturated rings. The van der Waals surface area contributed by atoms with Crippen LogP contribution < -0.4 is 5.32 Å². The van der Waals surface area contributed by atoms with Gasteiger partial charge in [-0.3, -0.25) is 9.78 Å². The standard InChI is InChI=1S/C20H17ClN2O3/c1-12-7-8-17-14(9-12)15(10-13(2)22-17)20(25)26-11-19(24)23-18-6-4-3-5-16(18)21/h3-10H,11H2,1-2H3,(H,23,24). The number of ether oxygens (including phenoxy) is 1. The fraction of sp³-hybridized carbons (Fsp3) is 0.150. The summed E-state index contributed by atoms with van der Waals surface area (Å²) in [6.07, 6.45) is 0. The van der Waals surface area contributed by atoms with Crippen LogP contribution in [0.15, 0.2) is 48.5 Å². The zero-order chi connectivity index (χ0) is 18.7.